The molecule has 0 bridgehead atoms. The molecule has 2 atom stereocenters. The highest BCUT2D eigenvalue weighted by Crippen LogP contribution is 2.47. The molecule has 1 aromatic heterocycles. The molecule has 0 saturated heterocycles. The van der Waals surface area contributed by atoms with Crippen LogP contribution in [0, 0.1) is 5.92 Å². The van der Waals surface area contributed by atoms with Gasteiger partial charge in [-0.25, -0.2) is 13.1 Å². The molecule has 120 valence electrons. The Kier molecular flexibility index (Phi) is 4.04. The number of carbonyl (C=O) groups is 1. The maximum atomic E-state index is 12.3. The van der Waals surface area contributed by atoms with Gasteiger partial charge in [-0.2, -0.15) is 0 Å². The molecular formula is C16H16N2O4S. The van der Waals surface area contributed by atoms with E-state index >= 15 is 0 Å². The van der Waals surface area contributed by atoms with Crippen LogP contribution in [0.3, 0.4) is 0 Å². The van der Waals surface area contributed by atoms with Crippen LogP contribution in [0.1, 0.15) is 17.9 Å². The molecule has 7 heteroatoms. The van der Waals surface area contributed by atoms with Gasteiger partial charge in [0.05, 0.1) is 12.0 Å². The van der Waals surface area contributed by atoms with Crippen molar-refractivity contribution in [2.75, 3.05) is 7.11 Å². The van der Waals surface area contributed by atoms with E-state index in [2.05, 4.69) is 9.71 Å². The molecule has 1 amide bonds. The lowest BCUT2D eigenvalue weighted by Gasteiger charge is -2.08. The van der Waals surface area contributed by atoms with E-state index in [9.17, 15) is 13.2 Å². The Morgan fingerprint density at radius 3 is 2.83 bits per heavy atom. The highest BCUT2D eigenvalue weighted by molar-refractivity contribution is 7.90. The van der Waals surface area contributed by atoms with Crippen molar-refractivity contribution in [3.63, 3.8) is 0 Å². The molecule has 23 heavy (non-hydrogen) atoms. The van der Waals surface area contributed by atoms with Crippen LogP contribution >= 0.6 is 0 Å². The fourth-order valence-electron chi connectivity index (χ4n) is 2.48. The Morgan fingerprint density at radius 1 is 1.30 bits per heavy atom. The molecule has 0 unspecified atom stereocenters. The van der Waals surface area contributed by atoms with Crippen molar-refractivity contribution in [1.82, 2.24) is 9.71 Å². The average molecular weight is 332 g/mol. The summed E-state index contributed by atoms with van der Waals surface area (Å²) in [5.74, 6) is -0.370. The topological polar surface area (TPSA) is 85.4 Å². The van der Waals surface area contributed by atoms with Gasteiger partial charge in [-0.1, -0.05) is 12.1 Å². The highest BCUT2D eigenvalue weighted by atomic mass is 32.2. The number of hydrogen-bond donors (Lipinski definition) is 1. The van der Waals surface area contributed by atoms with Gasteiger partial charge in [0.15, 0.2) is 0 Å². The lowest BCUT2D eigenvalue weighted by atomic mass is 10.1. The quantitative estimate of drug-likeness (QED) is 0.901. The molecular weight excluding hydrogens is 316 g/mol. The van der Waals surface area contributed by atoms with Crippen LogP contribution in [0.15, 0.2) is 53.7 Å². The van der Waals surface area contributed by atoms with E-state index in [4.69, 9.17) is 4.74 Å². The number of hydrogen-bond acceptors (Lipinski definition) is 5. The van der Waals surface area contributed by atoms with E-state index in [1.165, 1.54) is 19.2 Å². The number of amides is 1. The Balaban J connectivity index is 1.70. The fourth-order valence-corrected chi connectivity index (χ4v) is 3.55. The summed E-state index contributed by atoms with van der Waals surface area (Å²) in [6.45, 7) is 0. The lowest BCUT2D eigenvalue weighted by Crippen LogP contribution is -2.32. The third-order valence-corrected chi connectivity index (χ3v) is 5.17. The molecule has 0 aliphatic heterocycles. The van der Waals surface area contributed by atoms with Gasteiger partial charge in [-0.15, -0.1) is 0 Å². The van der Waals surface area contributed by atoms with E-state index in [0.29, 0.717) is 12.2 Å². The third-order valence-electron chi connectivity index (χ3n) is 3.83. The van der Waals surface area contributed by atoms with E-state index < -0.39 is 15.9 Å². The third kappa shape index (κ3) is 3.34. The van der Waals surface area contributed by atoms with Crippen LogP contribution in [0.2, 0.25) is 0 Å². The molecule has 0 spiro atoms. The van der Waals surface area contributed by atoms with Gasteiger partial charge in [0.1, 0.15) is 5.75 Å². The normalized spacial score (nSPS) is 19.9. The summed E-state index contributed by atoms with van der Waals surface area (Å²) in [6.07, 6.45) is 3.99. The van der Waals surface area contributed by atoms with Crippen LogP contribution in [0.4, 0.5) is 0 Å². The minimum atomic E-state index is -3.90. The number of aromatic nitrogens is 1. The minimum Gasteiger partial charge on any atom is -0.497 e. The number of sulfonamides is 1. The summed E-state index contributed by atoms with van der Waals surface area (Å²) in [4.78, 5) is 16.2. The number of ether oxygens (including phenoxy) is 1. The van der Waals surface area contributed by atoms with Gasteiger partial charge in [0, 0.05) is 24.4 Å². The number of nitrogens with zero attached hydrogens (tertiary/aromatic N) is 1. The first-order valence-electron chi connectivity index (χ1n) is 7.12. The van der Waals surface area contributed by atoms with Gasteiger partial charge < -0.3 is 4.74 Å². The SMILES string of the molecule is COc1cccc(S(=O)(=O)NC(=O)[C@@H]2C[C@H]2c2cccnc2)c1. The zero-order valence-corrected chi connectivity index (χ0v) is 13.3. The highest BCUT2D eigenvalue weighted by Gasteiger charge is 2.45. The zero-order chi connectivity index (χ0) is 16.4. The van der Waals surface area contributed by atoms with Crippen molar-refractivity contribution in [2.24, 2.45) is 5.92 Å². The first-order chi connectivity index (χ1) is 11.0. The Labute approximate surface area is 134 Å². The maximum absolute atomic E-state index is 12.3. The van der Waals surface area contributed by atoms with Crippen molar-refractivity contribution in [1.29, 1.82) is 0 Å². The Bertz CT molecular complexity index is 821. The molecule has 1 aromatic carbocycles. The molecule has 3 rings (SSSR count). The lowest BCUT2D eigenvalue weighted by molar-refractivity contribution is -0.120. The average Bonchev–Trinajstić information content (AvgIpc) is 3.36. The zero-order valence-electron chi connectivity index (χ0n) is 12.5. The number of pyridine rings is 1. The number of carbonyl (C=O) groups excluding carboxylic acids is 1. The van der Waals surface area contributed by atoms with E-state index in [0.717, 1.165) is 5.56 Å². The van der Waals surface area contributed by atoms with Crippen molar-refractivity contribution in [3.05, 3.63) is 54.4 Å². The Morgan fingerprint density at radius 2 is 2.13 bits per heavy atom. The summed E-state index contributed by atoms with van der Waals surface area (Å²) < 4.78 is 31.7. The molecule has 1 N–H and O–H groups in total. The first-order valence-corrected chi connectivity index (χ1v) is 8.60. The van der Waals surface area contributed by atoms with E-state index in [1.807, 2.05) is 6.07 Å². The molecule has 0 radical (unpaired) electrons. The van der Waals surface area contributed by atoms with Crippen LogP contribution in [-0.4, -0.2) is 26.4 Å². The number of nitrogens with one attached hydrogen (secondary N) is 1. The number of benzene rings is 1. The minimum absolute atomic E-state index is 0.00350. The maximum Gasteiger partial charge on any atom is 0.264 e. The summed E-state index contributed by atoms with van der Waals surface area (Å²) in [5.41, 5.74) is 0.950. The predicted octanol–water partition coefficient (Wildman–Crippen LogP) is 1.70. The molecule has 6 nitrogen and oxygen atoms in total. The predicted molar refractivity (Wildman–Crippen MR) is 83.4 cm³/mol. The first kappa shape index (κ1) is 15.5. The molecule has 1 fully saturated rings. The van der Waals surface area contributed by atoms with Crippen LogP contribution < -0.4 is 9.46 Å². The van der Waals surface area contributed by atoms with Gasteiger partial charge in [-0.3, -0.25) is 9.78 Å². The molecule has 2 aromatic rings. The molecule has 1 heterocycles. The number of methoxy groups -OCH3 is 1. The molecule has 1 aliphatic rings. The van der Waals surface area contributed by atoms with Crippen LogP contribution in [0.5, 0.6) is 5.75 Å². The Hall–Kier alpha value is -2.41. The van der Waals surface area contributed by atoms with Gasteiger partial charge in [0.25, 0.3) is 10.0 Å². The van der Waals surface area contributed by atoms with Gasteiger partial charge in [-0.05, 0) is 36.1 Å². The second-order valence-corrected chi connectivity index (χ2v) is 7.07. The van der Waals surface area contributed by atoms with E-state index in [-0.39, 0.29) is 16.7 Å². The summed E-state index contributed by atoms with van der Waals surface area (Å²) >= 11 is 0. The largest absolute Gasteiger partial charge is 0.497 e. The monoisotopic (exact) mass is 332 g/mol. The smallest absolute Gasteiger partial charge is 0.264 e. The van der Waals surface area contributed by atoms with Crippen molar-refractivity contribution >= 4 is 15.9 Å². The molecule has 1 saturated carbocycles. The summed E-state index contributed by atoms with van der Waals surface area (Å²) in [7, 11) is -2.45. The van der Waals surface area contributed by atoms with Crippen molar-refractivity contribution in [2.45, 2.75) is 17.2 Å². The van der Waals surface area contributed by atoms with Crippen LogP contribution in [-0.2, 0) is 14.8 Å². The number of rotatable bonds is 5. The van der Waals surface area contributed by atoms with Crippen LogP contribution in [0.25, 0.3) is 0 Å². The van der Waals surface area contributed by atoms with E-state index in [1.54, 1.807) is 30.6 Å². The summed E-state index contributed by atoms with van der Waals surface area (Å²) in [6, 6.07) is 9.69. The second kappa shape index (κ2) is 6.00. The van der Waals surface area contributed by atoms with Crippen molar-refractivity contribution < 1.29 is 17.9 Å². The summed E-state index contributed by atoms with van der Waals surface area (Å²) in [5, 5.41) is 0. The van der Waals surface area contributed by atoms with Gasteiger partial charge in [0.2, 0.25) is 5.91 Å². The van der Waals surface area contributed by atoms with Crippen molar-refractivity contribution in [3.8, 4) is 5.75 Å². The second-order valence-electron chi connectivity index (χ2n) is 5.38. The standard InChI is InChI=1S/C16H16N2O4S/c1-22-12-5-2-6-13(8-12)23(20,21)18-16(19)15-9-14(15)11-4-3-7-17-10-11/h2-8,10,14-15H,9H2,1H3,(H,18,19)/t14-,15+/m0/s1. The fraction of sp³-hybridized carbons (Fsp3) is 0.250. The molecule has 1 aliphatic carbocycles. The van der Waals surface area contributed by atoms with Gasteiger partial charge >= 0.3 is 0 Å².